The van der Waals surface area contributed by atoms with Crippen molar-refractivity contribution in [2.75, 3.05) is 11.9 Å². The Morgan fingerprint density at radius 2 is 2.11 bits per heavy atom. The summed E-state index contributed by atoms with van der Waals surface area (Å²) in [5, 5.41) is 6.14. The molecule has 0 saturated heterocycles. The fourth-order valence-electron chi connectivity index (χ4n) is 1.80. The molecule has 0 aromatic heterocycles. The first kappa shape index (κ1) is 15.2. The molecular formula is C14H21BrN2O. The zero-order chi connectivity index (χ0) is 13.6. The average Bonchev–Trinajstić information content (AvgIpc) is 2.26. The molecule has 0 atom stereocenters. The molecule has 0 aliphatic rings. The molecule has 0 fully saturated rings. The van der Waals surface area contributed by atoms with Gasteiger partial charge < -0.3 is 10.6 Å². The number of hydrogen-bond acceptors (Lipinski definition) is 2. The number of anilines is 1. The maximum Gasteiger partial charge on any atom is 0.238 e. The molecule has 100 valence electrons. The molecule has 1 rings (SSSR count). The van der Waals surface area contributed by atoms with E-state index in [4.69, 9.17) is 0 Å². The summed E-state index contributed by atoms with van der Waals surface area (Å²) < 4.78 is 0.958. The van der Waals surface area contributed by atoms with Gasteiger partial charge in [0.25, 0.3) is 0 Å². The molecule has 0 saturated carbocycles. The van der Waals surface area contributed by atoms with Crippen LogP contribution in [0.25, 0.3) is 0 Å². The molecule has 0 aliphatic carbocycles. The number of carbonyl (C=O) groups excluding carboxylic acids is 1. The second-order valence-corrected chi connectivity index (χ2v) is 5.96. The lowest BCUT2D eigenvalue weighted by atomic mass is 9.99. The summed E-state index contributed by atoms with van der Waals surface area (Å²) in [6.07, 6.45) is 2.16. The summed E-state index contributed by atoms with van der Waals surface area (Å²) in [6, 6.07) is 7.58. The largest absolute Gasteiger partial charge is 0.325 e. The Morgan fingerprint density at radius 1 is 1.39 bits per heavy atom. The van der Waals surface area contributed by atoms with Crippen molar-refractivity contribution in [3.8, 4) is 0 Å². The third kappa shape index (κ3) is 5.65. The molecule has 1 aromatic rings. The lowest BCUT2D eigenvalue weighted by molar-refractivity contribution is -0.115. The topological polar surface area (TPSA) is 41.1 Å². The molecule has 0 radical (unpaired) electrons. The van der Waals surface area contributed by atoms with Gasteiger partial charge in [-0.15, -0.1) is 0 Å². The Bertz CT molecular complexity index is 405. The van der Waals surface area contributed by atoms with Crippen molar-refractivity contribution >= 4 is 27.5 Å². The van der Waals surface area contributed by atoms with Crippen molar-refractivity contribution in [3.63, 3.8) is 0 Å². The van der Waals surface area contributed by atoms with Crippen LogP contribution in [0.15, 0.2) is 28.7 Å². The summed E-state index contributed by atoms with van der Waals surface area (Å²) in [5.74, 6) is -0.0164. The fraction of sp³-hybridized carbons (Fsp3) is 0.500. The van der Waals surface area contributed by atoms with Crippen LogP contribution in [0.3, 0.4) is 0 Å². The minimum Gasteiger partial charge on any atom is -0.325 e. The van der Waals surface area contributed by atoms with E-state index in [9.17, 15) is 4.79 Å². The first-order chi connectivity index (χ1) is 8.43. The van der Waals surface area contributed by atoms with E-state index in [1.807, 2.05) is 24.3 Å². The van der Waals surface area contributed by atoms with E-state index in [2.05, 4.69) is 47.3 Å². The van der Waals surface area contributed by atoms with Gasteiger partial charge in [-0.05, 0) is 38.5 Å². The summed E-state index contributed by atoms with van der Waals surface area (Å²) >= 11 is 3.38. The Kier molecular flexibility index (Phi) is 5.82. The van der Waals surface area contributed by atoms with Gasteiger partial charge >= 0.3 is 0 Å². The van der Waals surface area contributed by atoms with Crippen LogP contribution in [0.1, 0.15) is 33.6 Å². The monoisotopic (exact) mass is 312 g/mol. The minimum atomic E-state index is -0.0164. The molecule has 1 aromatic carbocycles. The van der Waals surface area contributed by atoms with Crippen LogP contribution >= 0.6 is 15.9 Å². The number of rotatable bonds is 6. The van der Waals surface area contributed by atoms with Gasteiger partial charge in [0.1, 0.15) is 0 Å². The van der Waals surface area contributed by atoms with Crippen LogP contribution in [0, 0.1) is 0 Å². The highest BCUT2D eigenvalue weighted by Crippen LogP contribution is 2.15. The highest BCUT2D eigenvalue weighted by molar-refractivity contribution is 9.10. The zero-order valence-corrected chi connectivity index (χ0v) is 12.8. The van der Waals surface area contributed by atoms with Crippen LogP contribution < -0.4 is 10.6 Å². The SMILES string of the molecule is CCCC(C)(C)NCC(=O)Nc1cccc(Br)c1. The smallest absolute Gasteiger partial charge is 0.238 e. The number of nitrogens with one attached hydrogen (secondary N) is 2. The first-order valence-corrected chi connectivity index (χ1v) is 7.03. The predicted molar refractivity (Wildman–Crippen MR) is 79.8 cm³/mol. The molecule has 0 heterocycles. The third-order valence-corrected chi connectivity index (χ3v) is 3.20. The van der Waals surface area contributed by atoms with Crippen molar-refractivity contribution in [3.05, 3.63) is 28.7 Å². The second-order valence-electron chi connectivity index (χ2n) is 5.05. The molecule has 18 heavy (non-hydrogen) atoms. The molecule has 0 aliphatic heterocycles. The van der Waals surface area contributed by atoms with Crippen LogP contribution in [0.2, 0.25) is 0 Å². The Hall–Kier alpha value is -0.870. The van der Waals surface area contributed by atoms with Gasteiger partial charge in [0.2, 0.25) is 5.91 Å². The van der Waals surface area contributed by atoms with E-state index in [1.165, 1.54) is 0 Å². The molecule has 4 heteroatoms. The van der Waals surface area contributed by atoms with Crippen molar-refractivity contribution in [1.82, 2.24) is 5.32 Å². The van der Waals surface area contributed by atoms with Gasteiger partial charge in [0, 0.05) is 15.7 Å². The average molecular weight is 313 g/mol. The molecule has 3 nitrogen and oxygen atoms in total. The number of hydrogen-bond donors (Lipinski definition) is 2. The minimum absolute atomic E-state index is 0.00333. The summed E-state index contributed by atoms with van der Waals surface area (Å²) in [6.45, 7) is 6.70. The zero-order valence-electron chi connectivity index (χ0n) is 11.2. The summed E-state index contributed by atoms with van der Waals surface area (Å²) in [5.41, 5.74) is 0.813. The van der Waals surface area contributed by atoms with E-state index in [0.29, 0.717) is 6.54 Å². The quantitative estimate of drug-likeness (QED) is 0.843. The molecule has 0 spiro atoms. The van der Waals surface area contributed by atoms with Crippen molar-refractivity contribution < 1.29 is 4.79 Å². The van der Waals surface area contributed by atoms with Crippen molar-refractivity contribution in [2.45, 2.75) is 39.2 Å². The van der Waals surface area contributed by atoms with Crippen LogP contribution in [-0.4, -0.2) is 18.0 Å². The number of halogens is 1. The highest BCUT2D eigenvalue weighted by Gasteiger charge is 2.16. The Labute approximate surface area is 117 Å². The fourth-order valence-corrected chi connectivity index (χ4v) is 2.20. The van der Waals surface area contributed by atoms with Crippen LogP contribution in [0.5, 0.6) is 0 Å². The van der Waals surface area contributed by atoms with E-state index in [1.54, 1.807) is 0 Å². The maximum atomic E-state index is 11.8. The van der Waals surface area contributed by atoms with E-state index in [0.717, 1.165) is 23.0 Å². The second kappa shape index (κ2) is 6.90. The van der Waals surface area contributed by atoms with Crippen LogP contribution in [-0.2, 0) is 4.79 Å². The van der Waals surface area contributed by atoms with Gasteiger partial charge in [0.05, 0.1) is 6.54 Å². The van der Waals surface area contributed by atoms with Gasteiger partial charge in [-0.3, -0.25) is 4.79 Å². The van der Waals surface area contributed by atoms with Crippen molar-refractivity contribution in [1.29, 1.82) is 0 Å². The number of benzene rings is 1. The normalized spacial score (nSPS) is 11.3. The van der Waals surface area contributed by atoms with Gasteiger partial charge in [-0.2, -0.15) is 0 Å². The van der Waals surface area contributed by atoms with Gasteiger partial charge in [0.15, 0.2) is 0 Å². The van der Waals surface area contributed by atoms with E-state index >= 15 is 0 Å². The van der Waals surface area contributed by atoms with Gasteiger partial charge in [-0.25, -0.2) is 0 Å². The lowest BCUT2D eigenvalue weighted by Crippen LogP contribution is -2.43. The summed E-state index contributed by atoms with van der Waals surface area (Å²) in [4.78, 5) is 11.8. The molecule has 0 bridgehead atoms. The molecule has 1 amide bonds. The maximum absolute atomic E-state index is 11.8. The Balaban J connectivity index is 2.43. The number of carbonyl (C=O) groups is 1. The Morgan fingerprint density at radius 3 is 2.72 bits per heavy atom. The molecule has 0 unspecified atom stereocenters. The lowest BCUT2D eigenvalue weighted by Gasteiger charge is -2.25. The van der Waals surface area contributed by atoms with Crippen LogP contribution in [0.4, 0.5) is 5.69 Å². The molecule has 2 N–H and O–H groups in total. The standard InChI is InChI=1S/C14H21BrN2O/c1-4-8-14(2,3)16-10-13(18)17-12-7-5-6-11(15)9-12/h5-7,9,16H,4,8,10H2,1-3H3,(H,17,18). The van der Waals surface area contributed by atoms with Crippen molar-refractivity contribution in [2.24, 2.45) is 0 Å². The third-order valence-electron chi connectivity index (χ3n) is 2.71. The molecular weight excluding hydrogens is 292 g/mol. The van der Waals surface area contributed by atoms with E-state index < -0.39 is 0 Å². The highest BCUT2D eigenvalue weighted by atomic mass is 79.9. The summed E-state index contributed by atoms with van der Waals surface area (Å²) in [7, 11) is 0. The van der Waals surface area contributed by atoms with E-state index in [-0.39, 0.29) is 11.4 Å². The predicted octanol–water partition coefficient (Wildman–Crippen LogP) is 3.56. The number of amides is 1. The first-order valence-electron chi connectivity index (χ1n) is 6.23. The van der Waals surface area contributed by atoms with Gasteiger partial charge in [-0.1, -0.05) is 35.3 Å².